The average Bonchev–Trinajstić information content (AvgIpc) is 1.97. The Kier molecular flexibility index (Phi) is 4.59. The van der Waals surface area contributed by atoms with Gasteiger partial charge in [-0.15, -0.1) is 3.96 Å². The minimum Gasteiger partial charge on any atom is -0.112 e. The van der Waals surface area contributed by atoms with Crippen molar-refractivity contribution in [3.63, 3.8) is 0 Å². The molecule has 0 aromatic heterocycles. The molecule has 1 rings (SSSR count). The van der Waals surface area contributed by atoms with Gasteiger partial charge in [0.25, 0.3) is 7.85 Å². The van der Waals surface area contributed by atoms with Gasteiger partial charge in [-0.2, -0.15) is 0 Å². The number of hydrogen-bond acceptors (Lipinski definition) is 3. The fraction of sp³-hybridized carbons (Fsp3) is 0. The summed E-state index contributed by atoms with van der Waals surface area (Å²) in [6.45, 7) is 0. The smallest absolute Gasteiger partial charge is 0.112 e. The second kappa shape index (κ2) is 4.53. The zero-order chi connectivity index (χ0) is 8.59. The number of hydrogen-bond donors (Lipinski definition) is 1. The lowest BCUT2D eigenvalue weighted by Crippen LogP contribution is -2.16. The molecule has 0 amide bonds. The Morgan fingerprint density at radius 3 is 2.45 bits per heavy atom. The van der Waals surface area contributed by atoms with Gasteiger partial charge >= 0.3 is 0 Å². The molecule has 0 aromatic rings. The Morgan fingerprint density at radius 1 is 1.36 bits per heavy atom. The van der Waals surface area contributed by atoms with Crippen LogP contribution in [0.5, 0.6) is 0 Å². The predicted octanol–water partition coefficient (Wildman–Crippen LogP) is 4.18. The Morgan fingerprint density at radius 2 is 1.91 bits per heavy atom. The van der Waals surface area contributed by atoms with Crippen LogP contribution in [0.15, 0.2) is 0 Å². The summed E-state index contributed by atoms with van der Waals surface area (Å²) in [6.07, 6.45) is 3.74. The quantitative estimate of drug-likeness (QED) is 0.534. The topological polar surface area (TPSA) is 18.5 Å². The largest absolute Gasteiger partial charge is 0.299 e. The van der Waals surface area contributed by atoms with E-state index < -0.39 is 23.0 Å². The Balaban J connectivity index is 2.70. The van der Waals surface area contributed by atoms with Crippen molar-refractivity contribution in [1.82, 2.24) is 12.8 Å². The highest BCUT2D eigenvalue weighted by Crippen LogP contribution is 2.73. The minimum absolute atomic E-state index is 0.892. The van der Waals surface area contributed by atoms with Crippen LogP contribution in [0, 0.1) is 0 Å². The van der Waals surface area contributed by atoms with Crippen LogP contribution in [0.2, 0.25) is 0 Å². The van der Waals surface area contributed by atoms with Gasteiger partial charge < -0.3 is 0 Å². The first-order valence-corrected chi connectivity index (χ1v) is 8.75. The highest BCUT2D eigenvalue weighted by molar-refractivity contribution is 8.02. The maximum Gasteiger partial charge on any atom is 0.299 e. The second-order valence-electron chi connectivity index (χ2n) is 1.48. The summed E-state index contributed by atoms with van der Waals surface area (Å²) in [5.74, 6) is 0. The lowest BCUT2D eigenvalue weighted by molar-refractivity contribution is 1.03. The Hall–Kier alpha value is 2.07. The number of halogens is 4. The van der Waals surface area contributed by atoms with Crippen LogP contribution in [0.4, 0.5) is 0 Å². The molecule has 1 fully saturated rings. The van der Waals surface area contributed by atoms with Gasteiger partial charge in [0.15, 0.2) is 0 Å². The van der Waals surface area contributed by atoms with Crippen molar-refractivity contribution in [3.8, 4) is 0 Å². The van der Waals surface area contributed by atoms with E-state index in [-0.39, 0.29) is 0 Å². The van der Waals surface area contributed by atoms with Gasteiger partial charge in [0, 0.05) is 15.7 Å². The maximum atomic E-state index is 5.83. The number of rotatable bonds is 0. The third-order valence-electron chi connectivity index (χ3n) is 0.814. The van der Waals surface area contributed by atoms with E-state index in [9.17, 15) is 0 Å². The Labute approximate surface area is 87.9 Å². The molecule has 11 heavy (non-hydrogen) atoms. The summed E-state index contributed by atoms with van der Waals surface area (Å²) in [6, 6.07) is 0. The second-order valence-corrected chi connectivity index (χ2v) is 9.80. The van der Waals surface area contributed by atoms with E-state index in [1.165, 1.54) is 7.92 Å². The summed E-state index contributed by atoms with van der Waals surface area (Å²) < 4.78 is 2.67. The first kappa shape index (κ1) is 11.1. The molecular formula is CH3Cl4N3P3+. The van der Waals surface area contributed by atoms with E-state index in [1.807, 2.05) is 0 Å². The molecule has 10 heteroatoms. The molecule has 1 heterocycles. The normalized spacial score (nSPS) is 39.5. The van der Waals surface area contributed by atoms with Crippen molar-refractivity contribution < 1.29 is 0 Å². The van der Waals surface area contributed by atoms with E-state index in [0.29, 0.717) is 0 Å². The van der Waals surface area contributed by atoms with E-state index in [2.05, 4.69) is 11.2 Å². The van der Waals surface area contributed by atoms with Gasteiger partial charge in [-0.05, 0) is 11.8 Å². The SMILES string of the molecule is C=[P+]1NP(Cl)N(Cl)P(Cl)N1Cl. The maximum absolute atomic E-state index is 5.83. The van der Waals surface area contributed by atoms with Gasteiger partial charge in [-0.3, -0.25) is 0 Å². The number of nitrogens with one attached hydrogen (secondary N) is 1. The predicted molar refractivity (Wildman–Crippen MR) is 58.1 cm³/mol. The zero-order valence-corrected chi connectivity index (χ0v) is 10.7. The monoisotopic (exact) mass is 290 g/mol. The summed E-state index contributed by atoms with van der Waals surface area (Å²) in [5, 5.41) is 0. The molecule has 3 unspecified atom stereocenters. The fourth-order valence-corrected chi connectivity index (χ4v) is 8.90. The molecule has 0 saturated carbocycles. The molecule has 1 aliphatic rings. The third kappa shape index (κ3) is 2.51. The summed E-state index contributed by atoms with van der Waals surface area (Å²) in [5.41, 5.74) is 0. The molecule has 3 nitrogen and oxygen atoms in total. The van der Waals surface area contributed by atoms with Crippen LogP contribution in [0.25, 0.3) is 0 Å². The van der Waals surface area contributed by atoms with Crippen molar-refractivity contribution in [2.75, 3.05) is 0 Å². The Bertz CT molecular complexity index is 178. The molecule has 3 atom stereocenters. The molecule has 0 aromatic carbocycles. The summed E-state index contributed by atoms with van der Waals surface area (Å²) >= 11 is 23.1. The van der Waals surface area contributed by atoms with E-state index in [4.69, 9.17) is 46.0 Å². The first-order valence-electron chi connectivity index (χ1n) is 2.24. The summed E-state index contributed by atoms with van der Waals surface area (Å²) in [7, 11) is -3.21. The van der Waals surface area contributed by atoms with Crippen LogP contribution < -0.4 is 4.86 Å². The molecule has 0 spiro atoms. The third-order valence-corrected chi connectivity index (χ3v) is 11.4. The van der Waals surface area contributed by atoms with Crippen LogP contribution >= 0.6 is 69.0 Å². The molecule has 0 bridgehead atoms. The van der Waals surface area contributed by atoms with Crippen LogP contribution in [0.3, 0.4) is 0 Å². The summed E-state index contributed by atoms with van der Waals surface area (Å²) in [4.78, 5) is 2.91. The van der Waals surface area contributed by atoms with Crippen molar-refractivity contribution in [2.45, 2.75) is 0 Å². The van der Waals surface area contributed by atoms with E-state index >= 15 is 0 Å². The molecule has 1 aliphatic heterocycles. The number of nitrogens with zero attached hydrogens (tertiary/aromatic N) is 2. The molecule has 1 N–H and O–H groups in total. The van der Waals surface area contributed by atoms with Crippen LogP contribution in [-0.4, -0.2) is 14.2 Å². The van der Waals surface area contributed by atoms with Crippen molar-refractivity contribution in [1.29, 1.82) is 0 Å². The molecule has 0 aliphatic carbocycles. The molecule has 64 valence electrons. The van der Waals surface area contributed by atoms with Gasteiger partial charge in [0.1, 0.15) is 6.30 Å². The first-order chi connectivity index (χ1) is 5.04. The van der Waals surface area contributed by atoms with Crippen LogP contribution in [0.1, 0.15) is 0 Å². The minimum atomic E-state index is -1.22. The van der Waals surface area contributed by atoms with Crippen LogP contribution in [-0.2, 0) is 0 Å². The van der Waals surface area contributed by atoms with E-state index in [1.54, 1.807) is 0 Å². The zero-order valence-electron chi connectivity index (χ0n) is 4.96. The molecule has 1 saturated heterocycles. The van der Waals surface area contributed by atoms with Crippen molar-refractivity contribution in [2.24, 2.45) is 0 Å². The molecule has 0 radical (unpaired) electrons. The van der Waals surface area contributed by atoms with Gasteiger partial charge in [0.2, 0.25) is 15.2 Å². The lowest BCUT2D eigenvalue weighted by atomic mass is 12.0. The highest BCUT2D eigenvalue weighted by atomic mass is 35.7. The van der Waals surface area contributed by atoms with Gasteiger partial charge in [-0.1, -0.05) is 27.3 Å². The van der Waals surface area contributed by atoms with Gasteiger partial charge in [0.05, 0.1) is 0 Å². The molecular weight excluding hydrogens is 289 g/mol. The van der Waals surface area contributed by atoms with Crippen molar-refractivity contribution >= 4 is 75.3 Å². The van der Waals surface area contributed by atoms with Gasteiger partial charge in [-0.25, -0.2) is 0 Å². The highest BCUT2D eigenvalue weighted by Gasteiger charge is 2.43. The van der Waals surface area contributed by atoms with E-state index in [0.717, 1.165) is 0 Å². The lowest BCUT2D eigenvalue weighted by Gasteiger charge is -2.27. The fourth-order valence-electron chi connectivity index (χ4n) is 0.384. The average molecular weight is 292 g/mol. The standard InChI is InChI=1S/CH3Cl4N3P3/c1-9-6-10(4)8(3)11(5)7(9)2/h6H,1H2/q+1. The van der Waals surface area contributed by atoms with Crippen molar-refractivity contribution in [3.05, 3.63) is 0 Å².